The normalized spacial score (nSPS) is 10.4. The van der Waals surface area contributed by atoms with Crippen LogP contribution in [0.25, 0.3) is 0 Å². The molecule has 0 aliphatic carbocycles. The van der Waals surface area contributed by atoms with E-state index in [-0.39, 0.29) is 11.9 Å². The van der Waals surface area contributed by atoms with Gasteiger partial charge in [-0.3, -0.25) is 9.59 Å². The standard InChI is InChI=1S/C23H21NO3/c1-2-21(25)27-20-15-9-14-19(16-20)24-23(26)22(17-10-5-3-6-11-17)18-12-7-4-8-13-18/h3-16,22H,2H2,1H3,(H,24,26). The molecular formula is C23H21NO3. The van der Waals surface area contributed by atoms with Gasteiger partial charge in [0.1, 0.15) is 5.75 Å². The monoisotopic (exact) mass is 359 g/mol. The van der Waals surface area contributed by atoms with Gasteiger partial charge in [-0.05, 0) is 23.3 Å². The fourth-order valence-electron chi connectivity index (χ4n) is 2.84. The van der Waals surface area contributed by atoms with Gasteiger partial charge < -0.3 is 10.1 Å². The van der Waals surface area contributed by atoms with Gasteiger partial charge in [0.2, 0.25) is 5.91 Å². The van der Waals surface area contributed by atoms with Crippen molar-refractivity contribution in [1.29, 1.82) is 0 Å². The summed E-state index contributed by atoms with van der Waals surface area (Å²) in [5.74, 6) is -0.485. The average molecular weight is 359 g/mol. The topological polar surface area (TPSA) is 55.4 Å². The van der Waals surface area contributed by atoms with Crippen molar-refractivity contribution in [3.05, 3.63) is 96.1 Å². The Hall–Kier alpha value is -3.40. The Morgan fingerprint density at radius 3 is 2.00 bits per heavy atom. The van der Waals surface area contributed by atoms with Crippen molar-refractivity contribution in [3.8, 4) is 5.75 Å². The van der Waals surface area contributed by atoms with Gasteiger partial charge in [-0.25, -0.2) is 0 Å². The first kappa shape index (κ1) is 18.4. The van der Waals surface area contributed by atoms with Crippen LogP contribution in [0, 0.1) is 0 Å². The van der Waals surface area contributed by atoms with E-state index in [2.05, 4.69) is 5.32 Å². The van der Waals surface area contributed by atoms with Crippen LogP contribution in [-0.2, 0) is 9.59 Å². The lowest BCUT2D eigenvalue weighted by molar-refractivity contribution is -0.134. The van der Waals surface area contributed by atoms with E-state index in [4.69, 9.17) is 4.74 Å². The molecule has 0 aliphatic heterocycles. The lowest BCUT2D eigenvalue weighted by atomic mass is 9.90. The van der Waals surface area contributed by atoms with Gasteiger partial charge in [-0.15, -0.1) is 0 Å². The zero-order chi connectivity index (χ0) is 19.1. The second-order valence-corrected chi connectivity index (χ2v) is 6.10. The number of carbonyl (C=O) groups excluding carboxylic acids is 2. The molecule has 0 atom stereocenters. The van der Waals surface area contributed by atoms with Crippen molar-refractivity contribution in [2.75, 3.05) is 5.32 Å². The van der Waals surface area contributed by atoms with Crippen molar-refractivity contribution in [2.45, 2.75) is 19.3 Å². The molecule has 0 aliphatic rings. The van der Waals surface area contributed by atoms with Crippen LogP contribution >= 0.6 is 0 Å². The van der Waals surface area contributed by atoms with Crippen LogP contribution in [0.4, 0.5) is 5.69 Å². The van der Waals surface area contributed by atoms with Crippen molar-refractivity contribution >= 4 is 17.6 Å². The van der Waals surface area contributed by atoms with Crippen LogP contribution in [0.1, 0.15) is 30.4 Å². The number of ether oxygens (including phenoxy) is 1. The van der Waals surface area contributed by atoms with Crippen LogP contribution in [0.5, 0.6) is 5.75 Å². The largest absolute Gasteiger partial charge is 0.426 e. The molecule has 136 valence electrons. The molecule has 0 aromatic heterocycles. The highest BCUT2D eigenvalue weighted by Crippen LogP contribution is 2.27. The van der Waals surface area contributed by atoms with Gasteiger partial charge in [0.15, 0.2) is 0 Å². The highest BCUT2D eigenvalue weighted by molar-refractivity contribution is 5.98. The first-order valence-electron chi connectivity index (χ1n) is 8.89. The maximum Gasteiger partial charge on any atom is 0.310 e. The number of rotatable bonds is 6. The average Bonchev–Trinajstić information content (AvgIpc) is 2.70. The SMILES string of the molecule is CCC(=O)Oc1cccc(NC(=O)C(c2ccccc2)c2ccccc2)c1. The molecule has 3 rings (SSSR count). The molecule has 0 bridgehead atoms. The summed E-state index contributed by atoms with van der Waals surface area (Å²) in [5, 5.41) is 2.94. The minimum atomic E-state index is -0.436. The maximum atomic E-state index is 13.1. The molecule has 1 amide bonds. The van der Waals surface area contributed by atoms with Gasteiger partial charge in [0, 0.05) is 18.2 Å². The molecule has 0 radical (unpaired) electrons. The molecular weight excluding hydrogens is 338 g/mol. The number of nitrogens with one attached hydrogen (secondary N) is 1. The summed E-state index contributed by atoms with van der Waals surface area (Å²) in [7, 11) is 0. The number of carbonyl (C=O) groups is 2. The zero-order valence-corrected chi connectivity index (χ0v) is 15.1. The first-order chi connectivity index (χ1) is 13.2. The minimum absolute atomic E-state index is 0.147. The van der Waals surface area contributed by atoms with Crippen LogP contribution in [0.3, 0.4) is 0 Å². The smallest absolute Gasteiger partial charge is 0.310 e. The van der Waals surface area contributed by atoms with Crippen LogP contribution in [0.2, 0.25) is 0 Å². The lowest BCUT2D eigenvalue weighted by Crippen LogP contribution is -2.22. The summed E-state index contributed by atoms with van der Waals surface area (Å²) >= 11 is 0. The number of anilines is 1. The Morgan fingerprint density at radius 1 is 0.852 bits per heavy atom. The number of benzene rings is 3. The number of hydrogen-bond donors (Lipinski definition) is 1. The highest BCUT2D eigenvalue weighted by atomic mass is 16.5. The van der Waals surface area contributed by atoms with Crippen molar-refractivity contribution in [2.24, 2.45) is 0 Å². The maximum absolute atomic E-state index is 13.1. The van der Waals surface area contributed by atoms with Gasteiger partial charge in [-0.2, -0.15) is 0 Å². The molecule has 27 heavy (non-hydrogen) atoms. The second-order valence-electron chi connectivity index (χ2n) is 6.10. The van der Waals surface area contributed by atoms with E-state index in [0.717, 1.165) is 11.1 Å². The molecule has 3 aromatic rings. The van der Waals surface area contributed by atoms with Gasteiger partial charge in [-0.1, -0.05) is 73.7 Å². The van der Waals surface area contributed by atoms with Gasteiger partial charge >= 0.3 is 5.97 Å². The van der Waals surface area contributed by atoms with Crippen molar-refractivity contribution in [1.82, 2.24) is 0 Å². The predicted octanol–water partition coefficient (Wildman–Crippen LogP) is 4.77. The summed E-state index contributed by atoms with van der Waals surface area (Å²) in [5.41, 5.74) is 2.41. The molecule has 0 unspecified atom stereocenters. The van der Waals surface area contributed by atoms with E-state index in [1.807, 2.05) is 60.7 Å². The van der Waals surface area contributed by atoms with Gasteiger partial charge in [0.25, 0.3) is 0 Å². The summed E-state index contributed by atoms with van der Waals surface area (Å²) in [6.07, 6.45) is 0.292. The Morgan fingerprint density at radius 2 is 1.44 bits per heavy atom. The Labute approximate surface area is 158 Å². The fraction of sp³-hybridized carbons (Fsp3) is 0.130. The predicted molar refractivity (Wildman–Crippen MR) is 106 cm³/mol. The third kappa shape index (κ3) is 4.82. The van der Waals surface area contributed by atoms with E-state index in [1.165, 1.54) is 0 Å². The molecule has 1 N–H and O–H groups in total. The number of hydrogen-bond acceptors (Lipinski definition) is 3. The minimum Gasteiger partial charge on any atom is -0.426 e. The highest BCUT2D eigenvalue weighted by Gasteiger charge is 2.22. The zero-order valence-electron chi connectivity index (χ0n) is 15.1. The van der Waals surface area contributed by atoms with Crippen molar-refractivity contribution < 1.29 is 14.3 Å². The summed E-state index contributed by atoms with van der Waals surface area (Å²) < 4.78 is 5.23. The summed E-state index contributed by atoms with van der Waals surface area (Å²) in [6, 6.07) is 26.2. The molecule has 0 heterocycles. The molecule has 0 fully saturated rings. The summed E-state index contributed by atoms with van der Waals surface area (Å²) in [6.45, 7) is 1.73. The Bertz CT molecular complexity index is 868. The Kier molecular flexibility index (Phi) is 6.00. The fourth-order valence-corrected chi connectivity index (χ4v) is 2.84. The Balaban J connectivity index is 1.85. The van der Waals surface area contributed by atoms with E-state index >= 15 is 0 Å². The third-order valence-electron chi connectivity index (χ3n) is 4.15. The first-order valence-corrected chi connectivity index (χ1v) is 8.89. The van der Waals surface area contributed by atoms with E-state index < -0.39 is 5.92 Å². The number of amides is 1. The van der Waals surface area contributed by atoms with Crippen LogP contribution in [-0.4, -0.2) is 11.9 Å². The molecule has 0 saturated heterocycles. The van der Waals surface area contributed by atoms with E-state index in [0.29, 0.717) is 17.9 Å². The van der Waals surface area contributed by atoms with E-state index in [1.54, 1.807) is 31.2 Å². The number of esters is 1. The van der Waals surface area contributed by atoms with E-state index in [9.17, 15) is 9.59 Å². The van der Waals surface area contributed by atoms with Crippen molar-refractivity contribution in [3.63, 3.8) is 0 Å². The third-order valence-corrected chi connectivity index (χ3v) is 4.15. The van der Waals surface area contributed by atoms with Gasteiger partial charge in [0.05, 0.1) is 5.92 Å². The second kappa shape index (κ2) is 8.81. The quantitative estimate of drug-likeness (QED) is 0.509. The molecule has 0 saturated carbocycles. The summed E-state index contributed by atoms with van der Waals surface area (Å²) in [4.78, 5) is 24.6. The molecule has 4 nitrogen and oxygen atoms in total. The van der Waals surface area contributed by atoms with Crippen LogP contribution in [0.15, 0.2) is 84.9 Å². The molecule has 3 aromatic carbocycles. The lowest BCUT2D eigenvalue weighted by Gasteiger charge is -2.18. The molecule has 0 spiro atoms. The van der Waals surface area contributed by atoms with Crippen LogP contribution < -0.4 is 10.1 Å². The molecule has 4 heteroatoms.